The van der Waals surface area contributed by atoms with Crippen LogP contribution in [0.25, 0.3) is 0 Å². The smallest absolute Gasteiger partial charge is 0.132 e. The van der Waals surface area contributed by atoms with Crippen molar-refractivity contribution in [3.63, 3.8) is 0 Å². The third kappa shape index (κ3) is 2.32. The summed E-state index contributed by atoms with van der Waals surface area (Å²) in [6, 6.07) is 2.59. The number of aromatic nitrogens is 2. The Morgan fingerprint density at radius 2 is 2.31 bits per heavy atom. The maximum absolute atomic E-state index is 4.61. The van der Waals surface area contributed by atoms with E-state index in [9.17, 15) is 0 Å². The minimum atomic E-state index is 0.507. The molecule has 0 bridgehead atoms. The van der Waals surface area contributed by atoms with Gasteiger partial charge in [0.15, 0.2) is 0 Å². The Balaban J connectivity index is 2.27. The summed E-state index contributed by atoms with van der Waals surface area (Å²) < 4.78 is 0. The molecule has 0 amide bonds. The van der Waals surface area contributed by atoms with Crippen LogP contribution in [0.1, 0.15) is 25.4 Å². The van der Waals surface area contributed by atoms with Crippen LogP contribution in [0, 0.1) is 6.92 Å². The second kappa shape index (κ2) is 4.78. The molecule has 0 aromatic carbocycles. The summed E-state index contributed by atoms with van der Waals surface area (Å²) in [7, 11) is 0. The van der Waals surface area contributed by atoms with Gasteiger partial charge >= 0.3 is 0 Å². The van der Waals surface area contributed by atoms with Gasteiger partial charge in [-0.05, 0) is 13.8 Å². The molecule has 2 heterocycles. The van der Waals surface area contributed by atoms with Gasteiger partial charge in [0, 0.05) is 43.9 Å². The maximum atomic E-state index is 4.61. The minimum Gasteiger partial charge on any atom is -0.351 e. The molecule has 1 saturated heterocycles. The van der Waals surface area contributed by atoms with Crippen molar-refractivity contribution in [2.45, 2.75) is 33.2 Å². The first-order valence-electron chi connectivity index (χ1n) is 6.02. The summed E-state index contributed by atoms with van der Waals surface area (Å²) in [5, 5.41) is 3.39. The molecule has 4 nitrogen and oxygen atoms in total. The van der Waals surface area contributed by atoms with Gasteiger partial charge in [-0.25, -0.2) is 9.97 Å². The van der Waals surface area contributed by atoms with Crippen LogP contribution in [0.3, 0.4) is 0 Å². The van der Waals surface area contributed by atoms with Gasteiger partial charge in [0.05, 0.1) is 0 Å². The first-order valence-corrected chi connectivity index (χ1v) is 6.02. The molecular formula is C12H20N4. The number of nitrogens with one attached hydrogen (secondary N) is 1. The van der Waals surface area contributed by atoms with Crippen LogP contribution in [0.4, 0.5) is 5.82 Å². The molecule has 0 aliphatic carbocycles. The van der Waals surface area contributed by atoms with Crippen LogP contribution < -0.4 is 10.2 Å². The van der Waals surface area contributed by atoms with E-state index < -0.39 is 0 Å². The van der Waals surface area contributed by atoms with E-state index in [0.29, 0.717) is 6.04 Å². The van der Waals surface area contributed by atoms with Crippen molar-refractivity contribution in [3.8, 4) is 0 Å². The first kappa shape index (κ1) is 11.3. The van der Waals surface area contributed by atoms with E-state index in [0.717, 1.165) is 43.4 Å². The Bertz CT molecular complexity index is 364. The van der Waals surface area contributed by atoms with Crippen molar-refractivity contribution < 1.29 is 0 Å². The molecule has 1 aliphatic heterocycles. The number of anilines is 1. The second-order valence-corrected chi connectivity index (χ2v) is 4.38. The van der Waals surface area contributed by atoms with Crippen LogP contribution in [0.5, 0.6) is 0 Å². The van der Waals surface area contributed by atoms with E-state index >= 15 is 0 Å². The average molecular weight is 220 g/mol. The number of rotatable bonds is 2. The molecule has 1 aromatic heterocycles. The lowest BCUT2D eigenvalue weighted by Crippen LogP contribution is -2.50. The SMILES string of the molecule is CCc1nc(C)cc(N2CCNCC2C)n1. The van der Waals surface area contributed by atoms with Gasteiger partial charge in [-0.1, -0.05) is 6.92 Å². The van der Waals surface area contributed by atoms with Gasteiger partial charge in [-0.3, -0.25) is 0 Å². The molecule has 88 valence electrons. The summed E-state index contributed by atoms with van der Waals surface area (Å²) >= 11 is 0. The average Bonchev–Trinajstić information content (AvgIpc) is 2.28. The monoisotopic (exact) mass is 220 g/mol. The van der Waals surface area contributed by atoms with Crippen molar-refractivity contribution in [1.82, 2.24) is 15.3 Å². The number of piperazine rings is 1. The lowest BCUT2D eigenvalue weighted by Gasteiger charge is -2.35. The third-order valence-electron chi connectivity index (χ3n) is 3.00. The molecule has 1 atom stereocenters. The summed E-state index contributed by atoms with van der Waals surface area (Å²) in [6.45, 7) is 9.46. The maximum Gasteiger partial charge on any atom is 0.132 e. The summed E-state index contributed by atoms with van der Waals surface area (Å²) in [4.78, 5) is 11.4. The van der Waals surface area contributed by atoms with Crippen molar-refractivity contribution in [3.05, 3.63) is 17.6 Å². The Kier molecular flexibility index (Phi) is 3.39. The number of aryl methyl sites for hydroxylation is 2. The zero-order chi connectivity index (χ0) is 11.5. The van der Waals surface area contributed by atoms with Gasteiger partial charge < -0.3 is 10.2 Å². The Hall–Kier alpha value is -1.16. The highest BCUT2D eigenvalue weighted by molar-refractivity contribution is 5.41. The largest absolute Gasteiger partial charge is 0.351 e. The first-order chi connectivity index (χ1) is 7.70. The highest BCUT2D eigenvalue weighted by Crippen LogP contribution is 2.16. The fourth-order valence-corrected chi connectivity index (χ4v) is 2.10. The highest BCUT2D eigenvalue weighted by atomic mass is 15.3. The zero-order valence-electron chi connectivity index (χ0n) is 10.3. The van der Waals surface area contributed by atoms with E-state index in [1.54, 1.807) is 0 Å². The number of nitrogens with zero attached hydrogens (tertiary/aromatic N) is 3. The van der Waals surface area contributed by atoms with Crippen molar-refractivity contribution in [1.29, 1.82) is 0 Å². The Labute approximate surface area is 97.1 Å². The van der Waals surface area contributed by atoms with Gasteiger partial charge in [-0.15, -0.1) is 0 Å². The van der Waals surface area contributed by atoms with E-state index in [-0.39, 0.29) is 0 Å². The van der Waals surface area contributed by atoms with Crippen LogP contribution in [0.15, 0.2) is 6.07 Å². The van der Waals surface area contributed by atoms with Crippen LogP contribution >= 0.6 is 0 Å². The quantitative estimate of drug-likeness (QED) is 0.811. The fourth-order valence-electron chi connectivity index (χ4n) is 2.10. The number of hydrogen-bond donors (Lipinski definition) is 1. The van der Waals surface area contributed by atoms with Crippen LogP contribution in [-0.4, -0.2) is 35.6 Å². The highest BCUT2D eigenvalue weighted by Gasteiger charge is 2.19. The third-order valence-corrected chi connectivity index (χ3v) is 3.00. The second-order valence-electron chi connectivity index (χ2n) is 4.38. The number of hydrogen-bond acceptors (Lipinski definition) is 4. The molecule has 0 radical (unpaired) electrons. The van der Waals surface area contributed by atoms with E-state index in [1.165, 1.54) is 0 Å². The van der Waals surface area contributed by atoms with Crippen LogP contribution in [0.2, 0.25) is 0 Å². The molecule has 1 unspecified atom stereocenters. The van der Waals surface area contributed by atoms with Crippen molar-refractivity contribution in [2.75, 3.05) is 24.5 Å². The van der Waals surface area contributed by atoms with Gasteiger partial charge in [-0.2, -0.15) is 0 Å². The van der Waals surface area contributed by atoms with Crippen LogP contribution in [-0.2, 0) is 6.42 Å². The van der Waals surface area contributed by atoms with Gasteiger partial charge in [0.1, 0.15) is 11.6 Å². The molecule has 16 heavy (non-hydrogen) atoms. The standard InChI is InChI=1S/C12H20N4/c1-4-11-14-9(2)7-12(15-11)16-6-5-13-8-10(16)3/h7,10,13H,4-6,8H2,1-3H3. The fraction of sp³-hybridized carbons (Fsp3) is 0.667. The molecule has 0 spiro atoms. The lowest BCUT2D eigenvalue weighted by atomic mass is 10.2. The van der Waals surface area contributed by atoms with Crippen molar-refractivity contribution in [2.24, 2.45) is 0 Å². The minimum absolute atomic E-state index is 0.507. The van der Waals surface area contributed by atoms with Gasteiger partial charge in [0.2, 0.25) is 0 Å². The Morgan fingerprint density at radius 3 is 3.00 bits per heavy atom. The molecular weight excluding hydrogens is 200 g/mol. The van der Waals surface area contributed by atoms with E-state index in [2.05, 4.69) is 40.1 Å². The summed E-state index contributed by atoms with van der Waals surface area (Å²) in [5.74, 6) is 2.03. The predicted octanol–water partition coefficient (Wildman–Crippen LogP) is 1.15. The van der Waals surface area contributed by atoms with Crippen molar-refractivity contribution >= 4 is 5.82 Å². The Morgan fingerprint density at radius 1 is 1.50 bits per heavy atom. The lowest BCUT2D eigenvalue weighted by molar-refractivity contribution is 0.496. The summed E-state index contributed by atoms with van der Waals surface area (Å²) in [5.41, 5.74) is 1.06. The molecule has 0 saturated carbocycles. The molecule has 1 N–H and O–H groups in total. The van der Waals surface area contributed by atoms with Gasteiger partial charge in [0.25, 0.3) is 0 Å². The predicted molar refractivity (Wildman–Crippen MR) is 65.8 cm³/mol. The molecule has 1 aromatic rings. The van der Waals surface area contributed by atoms with E-state index in [1.807, 2.05) is 6.92 Å². The molecule has 2 rings (SSSR count). The molecule has 1 fully saturated rings. The normalized spacial score (nSPS) is 21.2. The molecule has 4 heteroatoms. The topological polar surface area (TPSA) is 41.1 Å². The zero-order valence-corrected chi connectivity index (χ0v) is 10.3. The summed E-state index contributed by atoms with van der Waals surface area (Å²) in [6.07, 6.45) is 0.898. The molecule has 1 aliphatic rings. The van der Waals surface area contributed by atoms with E-state index in [4.69, 9.17) is 0 Å².